The molecule has 24 heavy (non-hydrogen) atoms. The molecule has 0 saturated carbocycles. The molecule has 0 aromatic carbocycles. The van der Waals surface area contributed by atoms with E-state index in [1.807, 2.05) is 12.5 Å². The van der Waals surface area contributed by atoms with Crippen LogP contribution in [0, 0.1) is 5.92 Å². The lowest BCUT2D eigenvalue weighted by molar-refractivity contribution is -0.134. The van der Waals surface area contributed by atoms with Crippen LogP contribution in [0.5, 0.6) is 0 Å². The molecular formula is C17H24N4O2S. The van der Waals surface area contributed by atoms with Crippen LogP contribution in [0.1, 0.15) is 11.3 Å². The van der Waals surface area contributed by atoms with Crippen molar-refractivity contribution in [2.45, 2.75) is 19.6 Å². The third-order valence-corrected chi connectivity index (χ3v) is 4.95. The molecule has 1 aliphatic rings. The molecule has 1 aliphatic heterocycles. The molecule has 0 N–H and O–H groups in total. The van der Waals surface area contributed by atoms with Crippen molar-refractivity contribution in [3.8, 4) is 0 Å². The van der Waals surface area contributed by atoms with Crippen LogP contribution in [0.25, 0.3) is 0 Å². The minimum Gasteiger partial charge on any atom is -0.371 e. The van der Waals surface area contributed by atoms with E-state index in [9.17, 15) is 4.79 Å². The number of carbonyl (C=O) groups excluding carboxylic acids is 1. The first-order valence-electron chi connectivity index (χ1n) is 8.12. The Kier molecular flexibility index (Phi) is 5.65. The van der Waals surface area contributed by atoms with E-state index in [2.05, 4.69) is 31.3 Å². The predicted octanol–water partition coefficient (Wildman–Crippen LogP) is 1.68. The summed E-state index contributed by atoms with van der Waals surface area (Å²) in [5.41, 5.74) is 2.58. The zero-order valence-electron chi connectivity index (χ0n) is 14.2. The van der Waals surface area contributed by atoms with Crippen molar-refractivity contribution >= 4 is 17.2 Å². The highest BCUT2D eigenvalue weighted by atomic mass is 32.1. The largest absolute Gasteiger partial charge is 0.371 e. The summed E-state index contributed by atoms with van der Waals surface area (Å²) >= 11 is 1.73. The van der Waals surface area contributed by atoms with Crippen molar-refractivity contribution in [2.75, 3.05) is 33.9 Å². The highest BCUT2D eigenvalue weighted by Gasteiger charge is 2.22. The number of thiophene rings is 1. The first kappa shape index (κ1) is 17.1. The van der Waals surface area contributed by atoms with Gasteiger partial charge in [-0.1, -0.05) is 0 Å². The van der Waals surface area contributed by atoms with Gasteiger partial charge in [-0.05, 0) is 22.4 Å². The van der Waals surface area contributed by atoms with Crippen molar-refractivity contribution in [1.29, 1.82) is 0 Å². The lowest BCUT2D eigenvalue weighted by atomic mass is 10.1. The van der Waals surface area contributed by atoms with Gasteiger partial charge in [0.1, 0.15) is 6.61 Å². The van der Waals surface area contributed by atoms with E-state index < -0.39 is 0 Å². The minimum atomic E-state index is 0.00192. The molecule has 3 rings (SSSR count). The third-order valence-electron chi connectivity index (χ3n) is 4.22. The quantitative estimate of drug-likeness (QED) is 0.797. The lowest BCUT2D eigenvalue weighted by Crippen LogP contribution is -2.32. The fourth-order valence-electron chi connectivity index (χ4n) is 2.95. The van der Waals surface area contributed by atoms with Gasteiger partial charge in [-0.2, -0.15) is 11.3 Å². The Bertz CT molecular complexity index is 653. The second-order valence-corrected chi connectivity index (χ2v) is 7.29. The third kappa shape index (κ3) is 4.43. The highest BCUT2D eigenvalue weighted by molar-refractivity contribution is 7.07. The number of fused-ring (bicyclic) bond motifs is 1. The average Bonchev–Trinajstić information content (AvgIpc) is 3.16. The van der Waals surface area contributed by atoms with Gasteiger partial charge in [0.15, 0.2) is 0 Å². The van der Waals surface area contributed by atoms with Gasteiger partial charge in [0.05, 0.1) is 18.6 Å². The minimum absolute atomic E-state index is 0.00192. The first-order chi connectivity index (χ1) is 11.6. The zero-order valence-corrected chi connectivity index (χ0v) is 15.0. The average molecular weight is 348 g/mol. The van der Waals surface area contributed by atoms with Crippen molar-refractivity contribution in [3.63, 3.8) is 0 Å². The van der Waals surface area contributed by atoms with Gasteiger partial charge in [0.25, 0.3) is 0 Å². The molecule has 2 aromatic heterocycles. The Morgan fingerprint density at radius 1 is 1.46 bits per heavy atom. The Labute approximate surface area is 146 Å². The first-order valence-corrected chi connectivity index (χ1v) is 9.06. The van der Waals surface area contributed by atoms with Gasteiger partial charge in [0.2, 0.25) is 5.91 Å². The summed E-state index contributed by atoms with van der Waals surface area (Å²) in [6.07, 6.45) is 3.83. The van der Waals surface area contributed by atoms with Gasteiger partial charge in [0, 0.05) is 52.4 Å². The second kappa shape index (κ2) is 7.92. The molecule has 2 aromatic rings. The monoisotopic (exact) mass is 348 g/mol. The standard InChI is InChI=1S/C17H24N4O2S/c1-19(2)17(22)11-23-10-15-7-20(6-14-3-4-24-12-14)9-16-5-18-13-21(16)8-15/h3-5,12-13,15H,6-11H2,1-2H3/t15-/m0/s1. The summed E-state index contributed by atoms with van der Waals surface area (Å²) in [5.74, 6) is 0.344. The van der Waals surface area contributed by atoms with E-state index >= 15 is 0 Å². The zero-order chi connectivity index (χ0) is 16.9. The predicted molar refractivity (Wildman–Crippen MR) is 93.7 cm³/mol. The van der Waals surface area contributed by atoms with Crippen molar-refractivity contribution in [2.24, 2.45) is 5.92 Å². The molecule has 7 heteroatoms. The van der Waals surface area contributed by atoms with Crippen molar-refractivity contribution < 1.29 is 9.53 Å². The molecule has 0 fully saturated rings. The Morgan fingerprint density at radius 3 is 3.08 bits per heavy atom. The summed E-state index contributed by atoms with van der Waals surface area (Å²) in [6, 6.07) is 2.17. The Balaban J connectivity index is 1.62. The summed E-state index contributed by atoms with van der Waals surface area (Å²) in [5, 5.41) is 4.31. The van der Waals surface area contributed by atoms with Crippen LogP contribution in [-0.4, -0.2) is 59.1 Å². The number of aromatic nitrogens is 2. The highest BCUT2D eigenvalue weighted by Crippen LogP contribution is 2.19. The molecule has 0 saturated heterocycles. The summed E-state index contributed by atoms with van der Waals surface area (Å²) in [4.78, 5) is 19.9. The fraction of sp³-hybridized carbons (Fsp3) is 0.529. The van der Waals surface area contributed by atoms with E-state index in [0.29, 0.717) is 12.5 Å². The number of rotatable bonds is 6. The maximum atomic E-state index is 11.7. The number of hydrogen-bond acceptors (Lipinski definition) is 5. The van der Waals surface area contributed by atoms with Crippen LogP contribution >= 0.6 is 11.3 Å². The molecule has 0 unspecified atom stereocenters. The van der Waals surface area contributed by atoms with Crippen LogP contribution < -0.4 is 0 Å². The molecule has 0 radical (unpaired) electrons. The van der Waals surface area contributed by atoms with E-state index in [0.717, 1.165) is 26.2 Å². The van der Waals surface area contributed by atoms with Crippen LogP contribution in [0.2, 0.25) is 0 Å². The Hall–Kier alpha value is -1.70. The fourth-order valence-corrected chi connectivity index (χ4v) is 3.61. The van der Waals surface area contributed by atoms with E-state index in [1.165, 1.54) is 11.3 Å². The van der Waals surface area contributed by atoms with Crippen LogP contribution in [0.3, 0.4) is 0 Å². The van der Waals surface area contributed by atoms with E-state index in [1.54, 1.807) is 30.3 Å². The molecule has 3 heterocycles. The van der Waals surface area contributed by atoms with Crippen molar-refractivity contribution in [3.05, 3.63) is 40.6 Å². The molecule has 0 aliphatic carbocycles. The van der Waals surface area contributed by atoms with Gasteiger partial charge in [-0.25, -0.2) is 4.98 Å². The SMILES string of the molecule is CN(C)C(=O)COC[C@H]1CN(Cc2ccsc2)Cc2cncn2C1. The summed E-state index contributed by atoms with van der Waals surface area (Å²) in [7, 11) is 3.50. The van der Waals surface area contributed by atoms with Crippen LogP contribution in [-0.2, 0) is 29.2 Å². The lowest BCUT2D eigenvalue weighted by Gasteiger charge is -2.23. The van der Waals surface area contributed by atoms with Gasteiger partial charge < -0.3 is 14.2 Å². The number of likely N-dealkylation sites (N-methyl/N-ethyl adjacent to an activating group) is 1. The normalized spacial score (nSPS) is 18.2. The summed E-state index contributed by atoms with van der Waals surface area (Å²) in [6.45, 7) is 4.38. The van der Waals surface area contributed by atoms with Crippen LogP contribution in [0.4, 0.5) is 0 Å². The molecule has 0 bridgehead atoms. The number of imidazole rings is 1. The maximum Gasteiger partial charge on any atom is 0.248 e. The van der Waals surface area contributed by atoms with E-state index in [-0.39, 0.29) is 12.5 Å². The second-order valence-electron chi connectivity index (χ2n) is 6.51. The molecule has 1 atom stereocenters. The molecule has 1 amide bonds. The number of hydrogen-bond donors (Lipinski definition) is 0. The number of ether oxygens (including phenoxy) is 1. The molecular weight excluding hydrogens is 324 g/mol. The number of nitrogens with zero attached hydrogens (tertiary/aromatic N) is 4. The van der Waals surface area contributed by atoms with Crippen LogP contribution in [0.15, 0.2) is 29.4 Å². The topological polar surface area (TPSA) is 50.6 Å². The number of carbonyl (C=O) groups is 1. The Morgan fingerprint density at radius 2 is 2.33 bits per heavy atom. The summed E-state index contributed by atoms with van der Waals surface area (Å²) < 4.78 is 7.88. The van der Waals surface area contributed by atoms with Gasteiger partial charge in [-0.3, -0.25) is 9.69 Å². The van der Waals surface area contributed by atoms with Gasteiger partial charge in [-0.15, -0.1) is 0 Å². The van der Waals surface area contributed by atoms with Gasteiger partial charge >= 0.3 is 0 Å². The smallest absolute Gasteiger partial charge is 0.248 e. The molecule has 0 spiro atoms. The molecule has 130 valence electrons. The van der Waals surface area contributed by atoms with E-state index in [4.69, 9.17) is 4.74 Å². The van der Waals surface area contributed by atoms with Crippen molar-refractivity contribution in [1.82, 2.24) is 19.4 Å². The number of amides is 1. The maximum absolute atomic E-state index is 11.7. The molecule has 6 nitrogen and oxygen atoms in total.